The summed E-state index contributed by atoms with van der Waals surface area (Å²) < 4.78 is 17.6. The normalized spacial score (nSPS) is 12.2. The third-order valence-corrected chi connectivity index (χ3v) is 15.0. The third-order valence-electron chi connectivity index (χ3n) is 15.0. The van der Waals surface area contributed by atoms with Crippen molar-refractivity contribution in [2.45, 2.75) is 374 Å². The van der Waals surface area contributed by atoms with Crippen molar-refractivity contribution in [3.63, 3.8) is 0 Å². The van der Waals surface area contributed by atoms with Crippen LogP contribution in [0.25, 0.3) is 0 Å². The molecule has 5 nitrogen and oxygen atoms in total. The smallest absolute Gasteiger partial charge is 0.306 e. The van der Waals surface area contributed by atoms with Crippen LogP contribution in [0, 0.1) is 0 Å². The average molecular weight is 1010 g/mol. The maximum atomic E-state index is 12.9. The molecule has 0 aliphatic heterocycles. The molecule has 0 aromatic heterocycles. The highest BCUT2D eigenvalue weighted by Gasteiger charge is 2.18. The van der Waals surface area contributed by atoms with Crippen LogP contribution in [0.1, 0.15) is 367 Å². The van der Waals surface area contributed by atoms with E-state index in [4.69, 9.17) is 14.2 Å². The predicted molar refractivity (Wildman–Crippen MR) is 316 cm³/mol. The maximum absolute atomic E-state index is 12.9. The first-order valence-electron chi connectivity index (χ1n) is 32.9. The van der Waals surface area contributed by atoms with Gasteiger partial charge in [0.05, 0.1) is 6.61 Å². The third kappa shape index (κ3) is 60.9. The van der Waals surface area contributed by atoms with Crippen molar-refractivity contribution < 1.29 is 23.8 Å². The minimum Gasteiger partial charge on any atom is -0.462 e. The molecule has 0 amide bonds. The van der Waals surface area contributed by atoms with Gasteiger partial charge in [-0.2, -0.15) is 0 Å². The Morgan fingerprint density at radius 3 is 0.847 bits per heavy atom. The number of esters is 2. The summed E-state index contributed by atoms with van der Waals surface area (Å²) >= 11 is 0. The van der Waals surface area contributed by atoms with E-state index in [-0.39, 0.29) is 18.5 Å². The first-order chi connectivity index (χ1) is 35.6. The molecule has 72 heavy (non-hydrogen) atoms. The highest BCUT2D eigenvalue weighted by Crippen LogP contribution is 2.17. The van der Waals surface area contributed by atoms with Gasteiger partial charge in [-0.3, -0.25) is 9.59 Å². The van der Waals surface area contributed by atoms with Gasteiger partial charge in [-0.15, -0.1) is 0 Å². The standard InChI is InChI=1S/C67H128O5/c1-4-7-10-13-16-19-22-25-28-31-33-34-36-37-39-42-45-48-51-54-57-60-66(68)71-64-65(63-70-62-59-56-53-50-47-44-41-30-27-24-21-18-15-12-9-6-3)72-67(69)61-58-55-52-49-46-43-40-38-35-32-29-26-23-20-17-14-11-8-5-2/h25-26,28-29,65H,4-24,27,30-64H2,1-3H3/b28-25-,29-26-/t65-/m1/s1. The number of hydrogen-bond acceptors (Lipinski definition) is 5. The number of rotatable bonds is 62. The van der Waals surface area contributed by atoms with Gasteiger partial charge in [-0.1, -0.05) is 308 Å². The number of ether oxygens (including phenoxy) is 3. The Morgan fingerprint density at radius 2 is 0.542 bits per heavy atom. The second kappa shape index (κ2) is 63.7. The van der Waals surface area contributed by atoms with E-state index in [0.29, 0.717) is 26.1 Å². The zero-order chi connectivity index (χ0) is 52.0. The molecule has 0 aromatic rings. The van der Waals surface area contributed by atoms with Gasteiger partial charge in [-0.05, 0) is 70.6 Å². The van der Waals surface area contributed by atoms with E-state index in [1.165, 1.54) is 302 Å². The van der Waals surface area contributed by atoms with Crippen LogP contribution in [0.2, 0.25) is 0 Å². The SMILES string of the molecule is CCCCCCCC/C=C\CCCCCCCCCCCCCC(=O)OC[C@@H](COCCCCCCCCCCCCCCCCCC)OC(=O)CCCCCCCCCCC/C=C\CCCCCCCC. The molecule has 0 saturated carbocycles. The van der Waals surface area contributed by atoms with Crippen LogP contribution in [0.4, 0.5) is 0 Å². The molecule has 0 radical (unpaired) electrons. The van der Waals surface area contributed by atoms with Crippen molar-refractivity contribution in [3.05, 3.63) is 24.3 Å². The van der Waals surface area contributed by atoms with Gasteiger partial charge < -0.3 is 14.2 Å². The number of carbonyl (C=O) groups excluding carboxylic acids is 2. The lowest BCUT2D eigenvalue weighted by atomic mass is 10.0. The van der Waals surface area contributed by atoms with Crippen LogP contribution < -0.4 is 0 Å². The van der Waals surface area contributed by atoms with E-state index in [0.717, 1.165) is 32.1 Å². The number of allylic oxidation sites excluding steroid dienone is 4. The lowest BCUT2D eigenvalue weighted by molar-refractivity contribution is -0.163. The van der Waals surface area contributed by atoms with E-state index in [1.807, 2.05) is 0 Å². The molecule has 0 rings (SSSR count). The van der Waals surface area contributed by atoms with Gasteiger partial charge in [0, 0.05) is 19.4 Å². The Labute approximate surface area is 451 Å². The lowest BCUT2D eigenvalue weighted by Crippen LogP contribution is -2.30. The molecule has 0 N–H and O–H groups in total. The summed E-state index contributed by atoms with van der Waals surface area (Å²) in [6.07, 6.45) is 77.9. The fraction of sp³-hybridized carbons (Fsp3) is 0.910. The summed E-state index contributed by atoms with van der Waals surface area (Å²) in [5, 5.41) is 0. The van der Waals surface area contributed by atoms with Gasteiger partial charge in [-0.25, -0.2) is 0 Å². The zero-order valence-electron chi connectivity index (χ0n) is 49.2. The topological polar surface area (TPSA) is 61.8 Å². The van der Waals surface area contributed by atoms with Gasteiger partial charge in [0.25, 0.3) is 0 Å². The molecule has 0 aromatic carbocycles. The monoisotopic (exact) mass is 1010 g/mol. The van der Waals surface area contributed by atoms with Crippen molar-refractivity contribution >= 4 is 11.9 Å². The molecule has 0 aliphatic carbocycles. The Morgan fingerprint density at radius 1 is 0.292 bits per heavy atom. The fourth-order valence-corrected chi connectivity index (χ4v) is 10.0. The maximum Gasteiger partial charge on any atom is 0.306 e. The predicted octanol–water partition coefficient (Wildman–Crippen LogP) is 22.7. The summed E-state index contributed by atoms with van der Waals surface area (Å²) in [5.74, 6) is -0.373. The Balaban J connectivity index is 4.20. The molecule has 0 unspecified atom stereocenters. The molecule has 0 bridgehead atoms. The molecule has 0 fully saturated rings. The van der Waals surface area contributed by atoms with Gasteiger partial charge in [0.2, 0.25) is 0 Å². The highest BCUT2D eigenvalue weighted by atomic mass is 16.6. The number of hydrogen-bond donors (Lipinski definition) is 0. The van der Waals surface area contributed by atoms with E-state index in [9.17, 15) is 9.59 Å². The molecule has 426 valence electrons. The van der Waals surface area contributed by atoms with Crippen LogP contribution >= 0.6 is 0 Å². The molecule has 1 atom stereocenters. The first kappa shape index (κ1) is 70.4. The van der Waals surface area contributed by atoms with E-state index >= 15 is 0 Å². The quantitative estimate of drug-likeness (QED) is 0.0345. The van der Waals surface area contributed by atoms with Gasteiger partial charge >= 0.3 is 11.9 Å². The Hall–Kier alpha value is -1.62. The van der Waals surface area contributed by atoms with Gasteiger partial charge in [0.15, 0.2) is 6.10 Å². The molecular weight excluding hydrogens is 885 g/mol. The highest BCUT2D eigenvalue weighted by molar-refractivity contribution is 5.70. The summed E-state index contributed by atoms with van der Waals surface area (Å²) in [4.78, 5) is 25.6. The van der Waals surface area contributed by atoms with Crippen molar-refractivity contribution in [1.82, 2.24) is 0 Å². The zero-order valence-corrected chi connectivity index (χ0v) is 49.2. The second-order valence-corrected chi connectivity index (χ2v) is 22.4. The van der Waals surface area contributed by atoms with Crippen molar-refractivity contribution in [2.24, 2.45) is 0 Å². The first-order valence-corrected chi connectivity index (χ1v) is 32.9. The average Bonchev–Trinajstić information content (AvgIpc) is 3.38. The van der Waals surface area contributed by atoms with E-state index < -0.39 is 6.10 Å². The number of carbonyl (C=O) groups is 2. The summed E-state index contributed by atoms with van der Waals surface area (Å²) in [5.41, 5.74) is 0. The second-order valence-electron chi connectivity index (χ2n) is 22.4. The van der Waals surface area contributed by atoms with Crippen LogP contribution in [-0.2, 0) is 23.8 Å². The van der Waals surface area contributed by atoms with Crippen molar-refractivity contribution in [3.8, 4) is 0 Å². The molecule has 0 heterocycles. The number of unbranched alkanes of at least 4 members (excludes halogenated alkanes) is 47. The molecule has 0 spiro atoms. The Kier molecular flexibility index (Phi) is 62.2. The molecule has 0 aliphatic rings. The van der Waals surface area contributed by atoms with E-state index in [2.05, 4.69) is 45.1 Å². The molecule has 0 saturated heterocycles. The van der Waals surface area contributed by atoms with Crippen molar-refractivity contribution in [2.75, 3.05) is 19.8 Å². The molecule has 5 heteroatoms. The van der Waals surface area contributed by atoms with Crippen LogP contribution in [-0.4, -0.2) is 37.9 Å². The summed E-state index contributed by atoms with van der Waals surface area (Å²) in [7, 11) is 0. The van der Waals surface area contributed by atoms with Crippen LogP contribution in [0.3, 0.4) is 0 Å². The van der Waals surface area contributed by atoms with Gasteiger partial charge in [0.1, 0.15) is 6.61 Å². The van der Waals surface area contributed by atoms with Crippen LogP contribution in [0.5, 0.6) is 0 Å². The van der Waals surface area contributed by atoms with Crippen LogP contribution in [0.15, 0.2) is 24.3 Å². The van der Waals surface area contributed by atoms with E-state index in [1.54, 1.807) is 0 Å². The largest absolute Gasteiger partial charge is 0.462 e. The minimum atomic E-state index is -0.533. The fourth-order valence-electron chi connectivity index (χ4n) is 10.0. The van der Waals surface area contributed by atoms with Crippen molar-refractivity contribution in [1.29, 1.82) is 0 Å². The summed E-state index contributed by atoms with van der Waals surface area (Å²) in [6, 6.07) is 0. The molecular formula is C67H128O5. The lowest BCUT2D eigenvalue weighted by Gasteiger charge is -2.18. The minimum absolute atomic E-state index is 0.0922. The summed E-state index contributed by atoms with van der Waals surface area (Å²) in [6.45, 7) is 7.91. The Bertz CT molecular complexity index is 1100.